The zero-order valence-corrected chi connectivity index (χ0v) is 15.2. The van der Waals surface area contributed by atoms with E-state index in [0.29, 0.717) is 23.4 Å². The topological polar surface area (TPSA) is 83.6 Å². The van der Waals surface area contributed by atoms with Crippen molar-refractivity contribution in [3.63, 3.8) is 0 Å². The second-order valence-corrected chi connectivity index (χ2v) is 6.43. The molecular formula is C21H20N2O4. The molecule has 0 unspecified atom stereocenters. The second-order valence-electron chi connectivity index (χ2n) is 6.43. The summed E-state index contributed by atoms with van der Waals surface area (Å²) >= 11 is 0. The van der Waals surface area contributed by atoms with Gasteiger partial charge in [-0.15, -0.1) is 0 Å². The Labute approximate surface area is 157 Å². The lowest BCUT2D eigenvalue weighted by atomic mass is 10.0. The summed E-state index contributed by atoms with van der Waals surface area (Å²) in [7, 11) is 0. The fourth-order valence-corrected chi connectivity index (χ4v) is 3.04. The maximum atomic E-state index is 12.6. The molecule has 6 nitrogen and oxygen atoms in total. The molecule has 0 saturated heterocycles. The number of unbranched alkanes of at least 4 members (excludes halogenated alkanes) is 1. The van der Waals surface area contributed by atoms with Crippen LogP contribution in [0, 0.1) is 0 Å². The van der Waals surface area contributed by atoms with Crippen LogP contribution in [-0.2, 0) is 0 Å². The summed E-state index contributed by atoms with van der Waals surface area (Å²) in [5.74, 6) is -1.30. The molecule has 2 aromatic rings. The quantitative estimate of drug-likeness (QED) is 0.628. The second kappa shape index (κ2) is 7.53. The van der Waals surface area contributed by atoms with Crippen LogP contribution in [0.2, 0.25) is 0 Å². The zero-order chi connectivity index (χ0) is 19.6. The van der Waals surface area contributed by atoms with Gasteiger partial charge in [-0.3, -0.25) is 24.1 Å². The van der Waals surface area contributed by atoms with Crippen molar-refractivity contribution in [3.8, 4) is 0 Å². The summed E-state index contributed by atoms with van der Waals surface area (Å²) in [5.41, 5.74) is 1.62. The van der Waals surface area contributed by atoms with Crippen molar-refractivity contribution in [3.05, 3.63) is 64.7 Å². The van der Waals surface area contributed by atoms with Gasteiger partial charge in [-0.05, 0) is 43.7 Å². The maximum Gasteiger partial charge on any atom is 0.261 e. The van der Waals surface area contributed by atoms with E-state index >= 15 is 0 Å². The highest BCUT2D eigenvalue weighted by Crippen LogP contribution is 2.25. The first-order chi connectivity index (χ1) is 12.9. The molecule has 0 bridgehead atoms. The summed E-state index contributed by atoms with van der Waals surface area (Å²) in [6.45, 7) is 3.78. The van der Waals surface area contributed by atoms with Gasteiger partial charge >= 0.3 is 0 Å². The lowest BCUT2D eigenvalue weighted by Gasteiger charge is -2.12. The third kappa shape index (κ3) is 3.51. The number of anilines is 1. The summed E-state index contributed by atoms with van der Waals surface area (Å²) in [6.07, 6.45) is 1.61. The predicted molar refractivity (Wildman–Crippen MR) is 101 cm³/mol. The Morgan fingerprint density at radius 2 is 1.70 bits per heavy atom. The van der Waals surface area contributed by atoms with Crippen molar-refractivity contribution < 1.29 is 19.2 Å². The fourth-order valence-electron chi connectivity index (χ4n) is 3.04. The molecule has 1 aliphatic heterocycles. The van der Waals surface area contributed by atoms with Crippen molar-refractivity contribution in [2.75, 3.05) is 11.9 Å². The largest absolute Gasteiger partial charge is 0.321 e. The molecule has 0 saturated carbocycles. The average molecular weight is 364 g/mol. The summed E-state index contributed by atoms with van der Waals surface area (Å²) in [6, 6.07) is 11.2. The van der Waals surface area contributed by atoms with Crippen LogP contribution in [0.3, 0.4) is 0 Å². The molecule has 27 heavy (non-hydrogen) atoms. The molecule has 0 fully saturated rings. The van der Waals surface area contributed by atoms with Crippen LogP contribution in [0.4, 0.5) is 5.69 Å². The van der Waals surface area contributed by atoms with E-state index in [0.717, 1.165) is 12.8 Å². The number of para-hydroxylation sites is 1. The Balaban J connectivity index is 1.86. The Hall–Kier alpha value is -3.28. The Kier molecular flexibility index (Phi) is 5.16. The van der Waals surface area contributed by atoms with Gasteiger partial charge in [0.05, 0.1) is 16.8 Å². The summed E-state index contributed by atoms with van der Waals surface area (Å²) < 4.78 is 0. The van der Waals surface area contributed by atoms with E-state index in [-0.39, 0.29) is 28.7 Å². The SMILES string of the molecule is CCCCN1C(=O)c2ccc(C(=O)Nc3ccccc3C(C)=O)cc2C1=O. The van der Waals surface area contributed by atoms with E-state index in [1.54, 1.807) is 24.3 Å². The van der Waals surface area contributed by atoms with Gasteiger partial charge in [0.25, 0.3) is 17.7 Å². The summed E-state index contributed by atoms with van der Waals surface area (Å²) in [5, 5.41) is 2.70. The number of benzene rings is 2. The van der Waals surface area contributed by atoms with Crippen molar-refractivity contribution in [2.24, 2.45) is 0 Å². The van der Waals surface area contributed by atoms with Gasteiger partial charge in [0.1, 0.15) is 0 Å². The number of carbonyl (C=O) groups is 4. The van der Waals surface area contributed by atoms with Crippen LogP contribution in [0.1, 0.15) is 68.1 Å². The van der Waals surface area contributed by atoms with E-state index in [1.165, 1.54) is 30.0 Å². The predicted octanol–water partition coefficient (Wildman–Crippen LogP) is 3.54. The molecule has 0 radical (unpaired) electrons. The molecule has 1 aliphatic rings. The van der Waals surface area contributed by atoms with Crippen LogP contribution < -0.4 is 5.32 Å². The minimum atomic E-state index is -0.446. The van der Waals surface area contributed by atoms with E-state index in [9.17, 15) is 19.2 Å². The number of imide groups is 1. The van der Waals surface area contributed by atoms with Gasteiger partial charge in [-0.25, -0.2) is 0 Å². The Morgan fingerprint density at radius 1 is 1.00 bits per heavy atom. The van der Waals surface area contributed by atoms with Crippen LogP contribution in [-0.4, -0.2) is 34.9 Å². The van der Waals surface area contributed by atoms with Gasteiger partial charge in [0, 0.05) is 17.7 Å². The number of rotatable bonds is 6. The molecule has 3 amide bonds. The number of Topliss-reactive ketones (excluding diaryl/α,β-unsaturated/α-hetero) is 1. The molecule has 1 heterocycles. The first kappa shape index (κ1) is 18.5. The van der Waals surface area contributed by atoms with Crippen molar-refractivity contribution in [2.45, 2.75) is 26.7 Å². The molecule has 3 rings (SSSR count). The molecular weight excluding hydrogens is 344 g/mol. The van der Waals surface area contributed by atoms with Crippen LogP contribution in [0.25, 0.3) is 0 Å². The molecule has 1 N–H and O–H groups in total. The Morgan fingerprint density at radius 3 is 2.41 bits per heavy atom. The van der Waals surface area contributed by atoms with Crippen molar-refractivity contribution >= 4 is 29.2 Å². The molecule has 2 aromatic carbocycles. The standard InChI is InChI=1S/C21H20N2O4/c1-3-4-11-23-20(26)16-10-9-14(12-17(16)21(23)27)19(25)22-18-8-6-5-7-15(18)13(2)24/h5-10,12H,3-4,11H2,1-2H3,(H,22,25). The average Bonchev–Trinajstić information content (AvgIpc) is 2.90. The lowest BCUT2D eigenvalue weighted by Crippen LogP contribution is -2.30. The highest BCUT2D eigenvalue weighted by molar-refractivity contribution is 6.22. The highest BCUT2D eigenvalue weighted by atomic mass is 16.2. The normalized spacial score (nSPS) is 12.9. The molecule has 0 aliphatic carbocycles. The van der Waals surface area contributed by atoms with Gasteiger partial charge in [-0.2, -0.15) is 0 Å². The van der Waals surface area contributed by atoms with Gasteiger partial charge < -0.3 is 5.32 Å². The van der Waals surface area contributed by atoms with Crippen molar-refractivity contribution in [1.29, 1.82) is 0 Å². The smallest absolute Gasteiger partial charge is 0.261 e. The zero-order valence-electron chi connectivity index (χ0n) is 15.2. The third-order valence-corrected chi connectivity index (χ3v) is 4.52. The maximum absolute atomic E-state index is 12.6. The number of hydrogen-bond donors (Lipinski definition) is 1. The number of carbonyl (C=O) groups excluding carboxylic acids is 4. The fraction of sp³-hybridized carbons (Fsp3) is 0.238. The number of ketones is 1. The molecule has 0 spiro atoms. The Bertz CT molecular complexity index is 949. The summed E-state index contributed by atoms with van der Waals surface area (Å²) in [4.78, 5) is 50.4. The first-order valence-electron chi connectivity index (χ1n) is 8.85. The molecule has 0 atom stereocenters. The molecule has 138 valence electrons. The number of fused-ring (bicyclic) bond motifs is 1. The van der Waals surface area contributed by atoms with Gasteiger partial charge in [0.15, 0.2) is 5.78 Å². The minimum absolute atomic E-state index is 0.160. The van der Waals surface area contributed by atoms with Crippen LogP contribution in [0.5, 0.6) is 0 Å². The minimum Gasteiger partial charge on any atom is -0.321 e. The van der Waals surface area contributed by atoms with E-state index < -0.39 is 5.91 Å². The van der Waals surface area contributed by atoms with Crippen LogP contribution >= 0.6 is 0 Å². The highest BCUT2D eigenvalue weighted by Gasteiger charge is 2.35. The number of nitrogens with one attached hydrogen (secondary N) is 1. The monoisotopic (exact) mass is 364 g/mol. The molecule has 6 heteroatoms. The number of hydrogen-bond acceptors (Lipinski definition) is 4. The number of nitrogens with zero attached hydrogens (tertiary/aromatic N) is 1. The first-order valence-corrected chi connectivity index (χ1v) is 8.85. The molecule has 0 aromatic heterocycles. The van der Waals surface area contributed by atoms with Gasteiger partial charge in [0.2, 0.25) is 0 Å². The third-order valence-electron chi connectivity index (χ3n) is 4.52. The van der Waals surface area contributed by atoms with Crippen molar-refractivity contribution in [1.82, 2.24) is 4.90 Å². The number of amides is 3. The van der Waals surface area contributed by atoms with Gasteiger partial charge in [-0.1, -0.05) is 25.5 Å². The van der Waals surface area contributed by atoms with E-state index in [1.807, 2.05) is 6.92 Å². The van der Waals surface area contributed by atoms with E-state index in [4.69, 9.17) is 0 Å². The van der Waals surface area contributed by atoms with E-state index in [2.05, 4.69) is 5.32 Å². The van der Waals surface area contributed by atoms with Crippen LogP contribution in [0.15, 0.2) is 42.5 Å². The lowest BCUT2D eigenvalue weighted by molar-refractivity contribution is 0.0652.